The highest BCUT2D eigenvalue weighted by Gasteiger charge is 2.02. The fraction of sp³-hybridized carbons (Fsp3) is 0.143. The predicted molar refractivity (Wildman–Crippen MR) is 62.6 cm³/mol. The van der Waals surface area contributed by atoms with Crippen LogP contribution in [0.4, 0.5) is 0 Å². The number of benzene rings is 2. The van der Waals surface area contributed by atoms with E-state index in [1.807, 2.05) is 12.1 Å². The van der Waals surface area contributed by atoms with Gasteiger partial charge in [0.15, 0.2) is 0 Å². The summed E-state index contributed by atoms with van der Waals surface area (Å²) >= 11 is 0. The van der Waals surface area contributed by atoms with Gasteiger partial charge >= 0.3 is 0 Å². The molecule has 0 amide bonds. The van der Waals surface area contributed by atoms with Crippen LogP contribution >= 0.6 is 0 Å². The molecular formula is C14H14O. The maximum absolute atomic E-state index is 5.19. The van der Waals surface area contributed by atoms with Crippen LogP contribution in [0.2, 0.25) is 0 Å². The van der Waals surface area contributed by atoms with Crippen molar-refractivity contribution in [2.45, 2.75) is 6.61 Å². The van der Waals surface area contributed by atoms with Gasteiger partial charge in [0.25, 0.3) is 0 Å². The zero-order valence-corrected chi connectivity index (χ0v) is 8.81. The van der Waals surface area contributed by atoms with Crippen LogP contribution in [-0.4, -0.2) is 7.11 Å². The molecule has 2 rings (SSSR count). The van der Waals surface area contributed by atoms with E-state index in [4.69, 9.17) is 4.74 Å². The van der Waals surface area contributed by atoms with Gasteiger partial charge in [0.1, 0.15) is 0 Å². The fourth-order valence-corrected chi connectivity index (χ4v) is 1.70. The summed E-state index contributed by atoms with van der Waals surface area (Å²) in [5.74, 6) is 0. The molecule has 76 valence electrons. The molecule has 0 spiro atoms. The SMILES string of the molecule is COCc1ccccc1-c1ccccc1. The maximum Gasteiger partial charge on any atom is 0.0719 e. The summed E-state index contributed by atoms with van der Waals surface area (Å²) in [5, 5.41) is 0. The Hall–Kier alpha value is -1.60. The maximum atomic E-state index is 5.19. The molecular weight excluding hydrogens is 184 g/mol. The van der Waals surface area contributed by atoms with Crippen LogP contribution in [-0.2, 0) is 11.3 Å². The predicted octanol–water partition coefficient (Wildman–Crippen LogP) is 3.50. The van der Waals surface area contributed by atoms with Crippen molar-refractivity contribution in [1.29, 1.82) is 0 Å². The molecule has 2 aromatic rings. The molecule has 0 aliphatic carbocycles. The van der Waals surface area contributed by atoms with Crippen molar-refractivity contribution in [3.8, 4) is 11.1 Å². The second-order valence-electron chi connectivity index (χ2n) is 3.46. The van der Waals surface area contributed by atoms with E-state index in [9.17, 15) is 0 Å². The average molecular weight is 198 g/mol. The van der Waals surface area contributed by atoms with Gasteiger partial charge in [-0.05, 0) is 16.7 Å². The quantitative estimate of drug-likeness (QED) is 0.733. The first-order valence-corrected chi connectivity index (χ1v) is 5.04. The third-order valence-electron chi connectivity index (χ3n) is 2.40. The van der Waals surface area contributed by atoms with Gasteiger partial charge in [0, 0.05) is 7.11 Å². The van der Waals surface area contributed by atoms with Gasteiger partial charge in [0.2, 0.25) is 0 Å². The van der Waals surface area contributed by atoms with E-state index in [0.717, 1.165) is 0 Å². The van der Waals surface area contributed by atoms with Gasteiger partial charge in [-0.25, -0.2) is 0 Å². The second-order valence-corrected chi connectivity index (χ2v) is 3.46. The summed E-state index contributed by atoms with van der Waals surface area (Å²) in [6.45, 7) is 0.658. The van der Waals surface area contributed by atoms with Crippen LogP contribution in [0, 0.1) is 0 Å². The van der Waals surface area contributed by atoms with Gasteiger partial charge in [-0.1, -0.05) is 54.6 Å². The second kappa shape index (κ2) is 4.76. The minimum atomic E-state index is 0.658. The Bertz CT molecular complexity index is 420. The molecule has 1 nitrogen and oxygen atoms in total. The van der Waals surface area contributed by atoms with E-state index in [1.54, 1.807) is 7.11 Å². The smallest absolute Gasteiger partial charge is 0.0719 e. The van der Waals surface area contributed by atoms with Gasteiger partial charge in [-0.3, -0.25) is 0 Å². The summed E-state index contributed by atoms with van der Waals surface area (Å²) in [6, 6.07) is 18.7. The molecule has 0 atom stereocenters. The molecule has 0 aliphatic rings. The normalized spacial score (nSPS) is 10.2. The number of hydrogen-bond acceptors (Lipinski definition) is 1. The van der Waals surface area contributed by atoms with Crippen LogP contribution in [0.1, 0.15) is 5.56 Å². The summed E-state index contributed by atoms with van der Waals surface area (Å²) in [7, 11) is 1.72. The van der Waals surface area contributed by atoms with Crippen molar-refractivity contribution in [1.82, 2.24) is 0 Å². The van der Waals surface area contributed by atoms with E-state index >= 15 is 0 Å². The monoisotopic (exact) mass is 198 g/mol. The highest BCUT2D eigenvalue weighted by atomic mass is 16.5. The van der Waals surface area contributed by atoms with Crippen molar-refractivity contribution >= 4 is 0 Å². The van der Waals surface area contributed by atoms with Crippen LogP contribution in [0.3, 0.4) is 0 Å². The summed E-state index contributed by atoms with van der Waals surface area (Å²) in [6.07, 6.45) is 0. The first-order chi connectivity index (χ1) is 7.42. The largest absolute Gasteiger partial charge is 0.380 e. The molecule has 0 N–H and O–H groups in total. The zero-order valence-electron chi connectivity index (χ0n) is 8.81. The van der Waals surface area contributed by atoms with Gasteiger partial charge in [0.05, 0.1) is 6.61 Å². The Kier molecular flexibility index (Phi) is 3.15. The minimum Gasteiger partial charge on any atom is -0.380 e. The third kappa shape index (κ3) is 2.25. The Morgan fingerprint density at radius 2 is 1.53 bits per heavy atom. The molecule has 15 heavy (non-hydrogen) atoms. The summed E-state index contributed by atoms with van der Waals surface area (Å²) < 4.78 is 5.19. The number of hydrogen-bond donors (Lipinski definition) is 0. The lowest BCUT2D eigenvalue weighted by molar-refractivity contribution is 0.185. The number of ether oxygens (including phenoxy) is 1. The van der Waals surface area contributed by atoms with Crippen molar-refractivity contribution in [2.75, 3.05) is 7.11 Å². The fourth-order valence-electron chi connectivity index (χ4n) is 1.70. The van der Waals surface area contributed by atoms with Crippen LogP contribution in [0.25, 0.3) is 11.1 Å². The van der Waals surface area contributed by atoms with Gasteiger partial charge < -0.3 is 4.74 Å². The molecule has 0 aromatic heterocycles. The van der Waals surface area contributed by atoms with E-state index in [1.165, 1.54) is 16.7 Å². The van der Waals surface area contributed by atoms with E-state index in [0.29, 0.717) is 6.61 Å². The molecule has 0 saturated carbocycles. The molecule has 0 bridgehead atoms. The topological polar surface area (TPSA) is 9.23 Å². The Balaban J connectivity index is 2.43. The van der Waals surface area contributed by atoms with Crippen LogP contribution in [0.5, 0.6) is 0 Å². The molecule has 0 fully saturated rings. The lowest BCUT2D eigenvalue weighted by atomic mass is 10.0. The number of methoxy groups -OCH3 is 1. The highest BCUT2D eigenvalue weighted by molar-refractivity contribution is 5.66. The van der Waals surface area contributed by atoms with Crippen molar-refractivity contribution in [2.24, 2.45) is 0 Å². The first kappa shape index (κ1) is 9.94. The standard InChI is InChI=1S/C14H14O/c1-15-11-13-9-5-6-10-14(13)12-7-3-2-4-8-12/h2-10H,11H2,1H3. The number of rotatable bonds is 3. The Morgan fingerprint density at radius 1 is 0.867 bits per heavy atom. The summed E-state index contributed by atoms with van der Waals surface area (Å²) in [4.78, 5) is 0. The van der Waals surface area contributed by atoms with Crippen molar-refractivity contribution < 1.29 is 4.74 Å². The molecule has 0 aliphatic heterocycles. The minimum absolute atomic E-state index is 0.658. The molecule has 0 saturated heterocycles. The molecule has 1 heteroatoms. The van der Waals surface area contributed by atoms with E-state index in [2.05, 4.69) is 42.5 Å². The third-order valence-corrected chi connectivity index (χ3v) is 2.40. The molecule has 0 radical (unpaired) electrons. The zero-order chi connectivity index (χ0) is 10.5. The van der Waals surface area contributed by atoms with Gasteiger partial charge in [-0.15, -0.1) is 0 Å². The lowest BCUT2D eigenvalue weighted by Crippen LogP contribution is -1.91. The Labute approximate surface area is 90.3 Å². The molecule has 0 unspecified atom stereocenters. The van der Waals surface area contributed by atoms with Gasteiger partial charge in [-0.2, -0.15) is 0 Å². The van der Waals surface area contributed by atoms with Crippen LogP contribution < -0.4 is 0 Å². The van der Waals surface area contributed by atoms with E-state index < -0.39 is 0 Å². The van der Waals surface area contributed by atoms with Crippen LogP contribution in [0.15, 0.2) is 54.6 Å². The van der Waals surface area contributed by atoms with E-state index in [-0.39, 0.29) is 0 Å². The first-order valence-electron chi connectivity index (χ1n) is 5.04. The molecule has 2 aromatic carbocycles. The summed E-state index contributed by atoms with van der Waals surface area (Å²) in [5.41, 5.74) is 3.72. The molecule has 0 heterocycles. The van der Waals surface area contributed by atoms with Crippen molar-refractivity contribution in [3.05, 3.63) is 60.2 Å². The highest BCUT2D eigenvalue weighted by Crippen LogP contribution is 2.23. The van der Waals surface area contributed by atoms with Crippen molar-refractivity contribution in [3.63, 3.8) is 0 Å². The average Bonchev–Trinajstić information content (AvgIpc) is 2.31. The Morgan fingerprint density at radius 3 is 2.27 bits per heavy atom. The lowest BCUT2D eigenvalue weighted by Gasteiger charge is -2.08.